The Morgan fingerprint density at radius 2 is 2.41 bits per heavy atom. The van der Waals surface area contributed by atoms with Crippen molar-refractivity contribution in [3.63, 3.8) is 0 Å². The predicted octanol–water partition coefficient (Wildman–Crippen LogP) is 1.99. The number of nitrogens with zero attached hydrogens (tertiary/aromatic N) is 2. The Morgan fingerprint density at radius 3 is 3.06 bits per heavy atom. The molecule has 1 saturated heterocycles. The van der Waals surface area contributed by atoms with Crippen LogP contribution >= 0.6 is 0 Å². The van der Waals surface area contributed by atoms with Crippen molar-refractivity contribution in [3.8, 4) is 11.9 Å². The van der Waals surface area contributed by atoms with E-state index in [9.17, 15) is 0 Å². The minimum absolute atomic E-state index is 0.421. The summed E-state index contributed by atoms with van der Waals surface area (Å²) in [5.74, 6) is 0.876. The molecular formula is C13H16N2O2. The zero-order chi connectivity index (χ0) is 12.3. The predicted molar refractivity (Wildman–Crippen MR) is 62.8 cm³/mol. The third kappa shape index (κ3) is 2.75. The second-order valence-corrected chi connectivity index (χ2v) is 4.41. The van der Waals surface area contributed by atoms with Crippen molar-refractivity contribution in [3.05, 3.63) is 22.9 Å². The first-order valence-corrected chi connectivity index (χ1v) is 5.79. The van der Waals surface area contributed by atoms with Gasteiger partial charge in [-0.15, -0.1) is 0 Å². The molecule has 1 unspecified atom stereocenters. The lowest BCUT2D eigenvalue weighted by atomic mass is 10.1. The van der Waals surface area contributed by atoms with Gasteiger partial charge in [-0.2, -0.15) is 5.26 Å². The molecule has 0 amide bonds. The minimum atomic E-state index is 0.421. The molecule has 2 rings (SSSR count). The molecule has 0 N–H and O–H groups in total. The van der Waals surface area contributed by atoms with Gasteiger partial charge in [-0.25, -0.2) is 4.98 Å². The van der Waals surface area contributed by atoms with Crippen LogP contribution in [-0.4, -0.2) is 24.8 Å². The lowest BCUT2D eigenvalue weighted by Gasteiger charge is -2.12. The van der Waals surface area contributed by atoms with Crippen LogP contribution in [0.4, 0.5) is 0 Å². The number of aryl methyl sites for hydroxylation is 2. The van der Waals surface area contributed by atoms with E-state index in [1.807, 2.05) is 19.9 Å². The molecule has 0 radical (unpaired) electrons. The molecule has 4 nitrogen and oxygen atoms in total. The molecule has 1 atom stereocenters. The smallest absolute Gasteiger partial charge is 0.232 e. The quantitative estimate of drug-likeness (QED) is 0.799. The fraction of sp³-hybridized carbons (Fsp3) is 0.538. The molecule has 1 fully saturated rings. The Bertz CT molecular complexity index is 445. The molecule has 2 heterocycles. The molecule has 0 bridgehead atoms. The van der Waals surface area contributed by atoms with Crippen molar-refractivity contribution >= 4 is 0 Å². The maximum absolute atomic E-state index is 9.09. The molecule has 0 aromatic carbocycles. The summed E-state index contributed by atoms with van der Waals surface area (Å²) in [6, 6.07) is 4.04. The number of nitriles is 1. The van der Waals surface area contributed by atoms with Crippen LogP contribution in [0.25, 0.3) is 0 Å². The summed E-state index contributed by atoms with van der Waals surface area (Å²) in [5.41, 5.74) is 2.33. The van der Waals surface area contributed by atoms with Crippen molar-refractivity contribution in [2.45, 2.75) is 20.3 Å². The Kier molecular flexibility index (Phi) is 3.60. The van der Waals surface area contributed by atoms with Crippen LogP contribution in [0.5, 0.6) is 5.88 Å². The first kappa shape index (κ1) is 11.9. The van der Waals surface area contributed by atoms with Crippen molar-refractivity contribution < 1.29 is 9.47 Å². The monoisotopic (exact) mass is 232 g/mol. The zero-order valence-electron chi connectivity index (χ0n) is 10.2. The van der Waals surface area contributed by atoms with Crippen LogP contribution in [0.1, 0.15) is 23.2 Å². The second-order valence-electron chi connectivity index (χ2n) is 4.41. The van der Waals surface area contributed by atoms with Crippen molar-refractivity contribution in [2.24, 2.45) is 5.92 Å². The molecule has 17 heavy (non-hydrogen) atoms. The highest BCUT2D eigenvalue weighted by molar-refractivity contribution is 5.45. The van der Waals surface area contributed by atoms with Crippen molar-refractivity contribution in [1.29, 1.82) is 5.26 Å². The fourth-order valence-electron chi connectivity index (χ4n) is 1.95. The van der Waals surface area contributed by atoms with Gasteiger partial charge in [-0.1, -0.05) is 0 Å². The molecule has 4 heteroatoms. The summed E-state index contributed by atoms with van der Waals surface area (Å²) in [6.45, 7) is 5.93. The fourth-order valence-corrected chi connectivity index (χ4v) is 1.95. The highest BCUT2D eigenvalue weighted by atomic mass is 16.5. The summed E-state index contributed by atoms with van der Waals surface area (Å²) in [4.78, 5) is 4.28. The molecule has 0 saturated carbocycles. The molecular weight excluding hydrogens is 216 g/mol. The molecule has 0 aliphatic carbocycles. The molecule has 1 aromatic rings. The van der Waals surface area contributed by atoms with Crippen LogP contribution < -0.4 is 4.74 Å². The van der Waals surface area contributed by atoms with Gasteiger partial charge in [-0.3, -0.25) is 0 Å². The summed E-state index contributed by atoms with van der Waals surface area (Å²) in [6.07, 6.45) is 1.02. The highest BCUT2D eigenvalue weighted by Crippen LogP contribution is 2.21. The number of ether oxygens (including phenoxy) is 2. The van der Waals surface area contributed by atoms with Gasteiger partial charge in [0.1, 0.15) is 11.6 Å². The van der Waals surface area contributed by atoms with Gasteiger partial charge in [0.25, 0.3) is 0 Å². The van der Waals surface area contributed by atoms with Crippen molar-refractivity contribution in [1.82, 2.24) is 4.98 Å². The summed E-state index contributed by atoms with van der Waals surface area (Å²) in [7, 11) is 0. The number of hydrogen-bond donors (Lipinski definition) is 0. The van der Waals surface area contributed by atoms with Gasteiger partial charge in [0.05, 0.1) is 13.2 Å². The molecule has 1 aliphatic rings. The van der Waals surface area contributed by atoms with E-state index in [2.05, 4.69) is 11.1 Å². The van der Waals surface area contributed by atoms with Crippen LogP contribution in [0, 0.1) is 31.1 Å². The summed E-state index contributed by atoms with van der Waals surface area (Å²) < 4.78 is 10.9. The lowest BCUT2D eigenvalue weighted by molar-refractivity contribution is 0.165. The Morgan fingerprint density at radius 1 is 1.59 bits per heavy atom. The third-order valence-corrected chi connectivity index (χ3v) is 2.90. The first-order chi connectivity index (χ1) is 8.20. The Labute approximate surface area is 101 Å². The van der Waals surface area contributed by atoms with Gasteiger partial charge in [0.2, 0.25) is 5.88 Å². The standard InChI is InChI=1S/C13H16N2O2/c1-9-5-10(2)15-13(12(9)6-14)17-8-11-3-4-16-7-11/h5,11H,3-4,7-8H2,1-2H3. The van der Waals surface area contributed by atoms with Gasteiger partial charge in [0, 0.05) is 18.2 Å². The maximum atomic E-state index is 9.09. The average molecular weight is 232 g/mol. The van der Waals surface area contributed by atoms with Crippen LogP contribution in [0.3, 0.4) is 0 Å². The second kappa shape index (κ2) is 5.15. The van der Waals surface area contributed by atoms with E-state index in [0.29, 0.717) is 24.0 Å². The highest BCUT2D eigenvalue weighted by Gasteiger charge is 2.18. The average Bonchev–Trinajstić information content (AvgIpc) is 2.78. The summed E-state index contributed by atoms with van der Waals surface area (Å²) >= 11 is 0. The van der Waals surface area contributed by atoms with Crippen molar-refractivity contribution in [2.75, 3.05) is 19.8 Å². The zero-order valence-corrected chi connectivity index (χ0v) is 10.2. The van der Waals surface area contributed by atoms with Crippen LogP contribution in [0.2, 0.25) is 0 Å². The first-order valence-electron chi connectivity index (χ1n) is 5.79. The van der Waals surface area contributed by atoms with Gasteiger partial charge in [-0.05, 0) is 31.9 Å². The maximum Gasteiger partial charge on any atom is 0.232 e. The van der Waals surface area contributed by atoms with E-state index in [4.69, 9.17) is 14.7 Å². The molecule has 1 aliphatic heterocycles. The number of pyridine rings is 1. The SMILES string of the molecule is Cc1cc(C)c(C#N)c(OCC2CCOC2)n1. The normalized spacial score (nSPS) is 19.0. The number of aromatic nitrogens is 1. The minimum Gasteiger partial charge on any atom is -0.476 e. The number of rotatable bonds is 3. The van der Waals surface area contributed by atoms with Gasteiger partial charge < -0.3 is 9.47 Å². The third-order valence-electron chi connectivity index (χ3n) is 2.90. The molecule has 0 spiro atoms. The van der Waals surface area contributed by atoms with Gasteiger partial charge in [0.15, 0.2) is 0 Å². The summed E-state index contributed by atoms with van der Waals surface area (Å²) in [5, 5.41) is 9.09. The topological polar surface area (TPSA) is 55.1 Å². The Balaban J connectivity index is 2.11. The van der Waals surface area contributed by atoms with E-state index in [-0.39, 0.29) is 0 Å². The Hall–Kier alpha value is -1.60. The largest absolute Gasteiger partial charge is 0.476 e. The van der Waals surface area contributed by atoms with E-state index < -0.39 is 0 Å². The van der Waals surface area contributed by atoms with Gasteiger partial charge >= 0.3 is 0 Å². The van der Waals surface area contributed by atoms with E-state index in [1.165, 1.54) is 0 Å². The number of hydrogen-bond acceptors (Lipinski definition) is 4. The molecule has 1 aromatic heterocycles. The van der Waals surface area contributed by atoms with E-state index in [1.54, 1.807) is 0 Å². The van der Waals surface area contributed by atoms with Crippen LogP contribution in [0.15, 0.2) is 6.07 Å². The van der Waals surface area contributed by atoms with E-state index in [0.717, 1.165) is 30.9 Å². The molecule has 90 valence electrons. The van der Waals surface area contributed by atoms with Crippen LogP contribution in [-0.2, 0) is 4.74 Å². The van der Waals surface area contributed by atoms with E-state index >= 15 is 0 Å². The lowest BCUT2D eigenvalue weighted by Crippen LogP contribution is -2.13.